The van der Waals surface area contributed by atoms with Crippen LogP contribution in [0.4, 0.5) is 13.2 Å². The summed E-state index contributed by atoms with van der Waals surface area (Å²) in [6.07, 6.45) is 5.56. The van der Waals surface area contributed by atoms with E-state index in [-0.39, 0.29) is 22.8 Å². The first-order valence-electron chi connectivity index (χ1n) is 8.37. The summed E-state index contributed by atoms with van der Waals surface area (Å²) in [5.74, 6) is -3.27. The van der Waals surface area contributed by atoms with E-state index in [4.69, 9.17) is 4.74 Å². The van der Waals surface area contributed by atoms with Crippen molar-refractivity contribution >= 4 is 0 Å². The third-order valence-electron chi connectivity index (χ3n) is 3.60. The SMILES string of the molecule is C=C/C(F)=C\C(=C)C(=C)/C(F)=C(/F)C(=C)C(=C)/C=C\C(=C)C(C)OCCC. The Balaban J connectivity index is 5.22. The van der Waals surface area contributed by atoms with Gasteiger partial charge in [-0.3, -0.25) is 0 Å². The van der Waals surface area contributed by atoms with Gasteiger partial charge in [0.25, 0.3) is 0 Å². The molecule has 0 spiro atoms. The van der Waals surface area contributed by atoms with Crippen LogP contribution in [0.5, 0.6) is 0 Å². The van der Waals surface area contributed by atoms with E-state index in [1.807, 2.05) is 13.8 Å². The van der Waals surface area contributed by atoms with E-state index in [1.54, 1.807) is 6.08 Å². The summed E-state index contributed by atoms with van der Waals surface area (Å²) in [6.45, 7) is 25.5. The van der Waals surface area contributed by atoms with Gasteiger partial charge in [0.15, 0.2) is 11.7 Å². The fourth-order valence-corrected chi connectivity index (χ4v) is 1.70. The molecule has 0 aromatic carbocycles. The molecule has 146 valence electrons. The van der Waals surface area contributed by atoms with Gasteiger partial charge in [0.05, 0.1) is 6.10 Å². The highest BCUT2D eigenvalue weighted by Crippen LogP contribution is 2.30. The summed E-state index contributed by atoms with van der Waals surface area (Å²) in [5.41, 5.74) is 0.0290. The Kier molecular flexibility index (Phi) is 10.8. The van der Waals surface area contributed by atoms with Crippen LogP contribution in [0.1, 0.15) is 20.3 Å². The van der Waals surface area contributed by atoms with Gasteiger partial charge in [-0.2, -0.15) is 0 Å². The molecule has 1 nitrogen and oxygen atoms in total. The minimum atomic E-state index is -1.29. The molecule has 0 heterocycles. The smallest absolute Gasteiger partial charge is 0.166 e. The summed E-state index contributed by atoms with van der Waals surface area (Å²) in [6, 6.07) is 0. The van der Waals surface area contributed by atoms with E-state index >= 15 is 0 Å². The largest absolute Gasteiger partial charge is 0.374 e. The van der Waals surface area contributed by atoms with Crippen molar-refractivity contribution in [1.82, 2.24) is 0 Å². The van der Waals surface area contributed by atoms with Gasteiger partial charge in [-0.15, -0.1) is 0 Å². The number of hydrogen-bond acceptors (Lipinski definition) is 1. The van der Waals surface area contributed by atoms with Crippen LogP contribution in [0.3, 0.4) is 0 Å². The van der Waals surface area contributed by atoms with Crippen LogP contribution in [0, 0.1) is 0 Å². The van der Waals surface area contributed by atoms with Crippen molar-refractivity contribution < 1.29 is 17.9 Å². The Labute approximate surface area is 160 Å². The second-order valence-electron chi connectivity index (χ2n) is 5.79. The maximum absolute atomic E-state index is 14.3. The molecule has 0 rings (SSSR count). The zero-order valence-corrected chi connectivity index (χ0v) is 16.1. The maximum atomic E-state index is 14.3. The Morgan fingerprint density at radius 3 is 1.93 bits per heavy atom. The van der Waals surface area contributed by atoms with Gasteiger partial charge in [-0.25, -0.2) is 13.2 Å². The molecule has 1 atom stereocenters. The monoisotopic (exact) mass is 376 g/mol. The van der Waals surface area contributed by atoms with Crippen LogP contribution in [0.15, 0.2) is 109 Å². The summed E-state index contributed by atoms with van der Waals surface area (Å²) in [5, 5.41) is 0. The summed E-state index contributed by atoms with van der Waals surface area (Å²) < 4.78 is 47.3. The van der Waals surface area contributed by atoms with Crippen molar-refractivity contribution in [2.75, 3.05) is 6.61 Å². The molecule has 0 fully saturated rings. The molecule has 0 saturated heterocycles. The molecular formula is C23H27F3O. The van der Waals surface area contributed by atoms with Crippen molar-refractivity contribution in [3.8, 4) is 0 Å². The molecule has 0 N–H and O–H groups in total. The molecule has 0 radical (unpaired) electrons. The lowest BCUT2D eigenvalue weighted by molar-refractivity contribution is 0.0929. The van der Waals surface area contributed by atoms with Gasteiger partial charge in [0.1, 0.15) is 5.83 Å². The Morgan fingerprint density at radius 1 is 0.926 bits per heavy atom. The van der Waals surface area contributed by atoms with Gasteiger partial charge >= 0.3 is 0 Å². The van der Waals surface area contributed by atoms with Crippen LogP contribution >= 0.6 is 0 Å². The highest BCUT2D eigenvalue weighted by atomic mass is 19.2. The first-order chi connectivity index (χ1) is 12.6. The zero-order chi connectivity index (χ0) is 21.1. The molecule has 0 aliphatic heterocycles. The Hall–Kier alpha value is -2.59. The van der Waals surface area contributed by atoms with Gasteiger partial charge in [0, 0.05) is 17.8 Å². The summed E-state index contributed by atoms with van der Waals surface area (Å²) in [7, 11) is 0. The van der Waals surface area contributed by atoms with Gasteiger partial charge < -0.3 is 4.74 Å². The van der Waals surface area contributed by atoms with E-state index < -0.39 is 23.1 Å². The van der Waals surface area contributed by atoms with E-state index in [0.717, 1.165) is 18.6 Å². The van der Waals surface area contributed by atoms with Crippen molar-refractivity contribution in [2.45, 2.75) is 26.4 Å². The second kappa shape index (κ2) is 11.9. The van der Waals surface area contributed by atoms with E-state index in [0.29, 0.717) is 12.2 Å². The predicted molar refractivity (Wildman–Crippen MR) is 109 cm³/mol. The number of halogens is 3. The summed E-state index contributed by atoms with van der Waals surface area (Å²) in [4.78, 5) is 0. The van der Waals surface area contributed by atoms with E-state index in [9.17, 15) is 13.2 Å². The Bertz CT molecular complexity index is 733. The van der Waals surface area contributed by atoms with Crippen LogP contribution < -0.4 is 0 Å². The second-order valence-corrected chi connectivity index (χ2v) is 5.79. The molecule has 0 bridgehead atoms. The molecule has 0 aromatic heterocycles. The highest BCUT2D eigenvalue weighted by Gasteiger charge is 2.16. The molecule has 0 aromatic rings. The normalized spacial score (nSPS) is 13.7. The maximum Gasteiger partial charge on any atom is 0.166 e. The molecular weight excluding hydrogens is 349 g/mol. The molecule has 0 amide bonds. The highest BCUT2D eigenvalue weighted by molar-refractivity contribution is 5.55. The number of hydrogen-bond donors (Lipinski definition) is 0. The minimum absolute atomic E-state index is 0.121. The fourth-order valence-electron chi connectivity index (χ4n) is 1.70. The lowest BCUT2D eigenvalue weighted by Crippen LogP contribution is -2.10. The van der Waals surface area contributed by atoms with Crippen LogP contribution in [0.2, 0.25) is 0 Å². The van der Waals surface area contributed by atoms with Gasteiger partial charge in [-0.1, -0.05) is 58.5 Å². The van der Waals surface area contributed by atoms with Crippen molar-refractivity contribution in [3.05, 3.63) is 109 Å². The standard InChI is InChI=1S/C23H27F3O/c1-9-13-27-20(8)16(4)12-11-15(3)18(6)22(25)23(26)19(7)17(5)14-21(24)10-2/h10-12,14,20H,2-7,9,13H2,1,8H3/b12-11-,21-14+,23-22-. The average molecular weight is 376 g/mol. The van der Waals surface area contributed by atoms with Gasteiger partial charge in [0.2, 0.25) is 0 Å². The lowest BCUT2D eigenvalue weighted by Gasteiger charge is -2.13. The van der Waals surface area contributed by atoms with Crippen molar-refractivity contribution in [2.24, 2.45) is 0 Å². The Morgan fingerprint density at radius 2 is 1.44 bits per heavy atom. The molecule has 27 heavy (non-hydrogen) atoms. The summed E-state index contributed by atoms with van der Waals surface area (Å²) >= 11 is 0. The molecule has 1 unspecified atom stereocenters. The van der Waals surface area contributed by atoms with Gasteiger partial charge in [-0.05, 0) is 42.2 Å². The van der Waals surface area contributed by atoms with Crippen LogP contribution in [-0.4, -0.2) is 12.7 Å². The first kappa shape index (κ1) is 24.4. The number of ether oxygens (including phenoxy) is 1. The molecule has 0 saturated carbocycles. The fraction of sp³-hybridized carbons (Fsp3) is 0.217. The van der Waals surface area contributed by atoms with Crippen molar-refractivity contribution in [3.63, 3.8) is 0 Å². The third kappa shape index (κ3) is 8.09. The van der Waals surface area contributed by atoms with Crippen LogP contribution in [-0.2, 0) is 4.74 Å². The minimum Gasteiger partial charge on any atom is -0.374 e. The van der Waals surface area contributed by atoms with E-state index in [2.05, 4.69) is 39.5 Å². The third-order valence-corrected chi connectivity index (χ3v) is 3.60. The predicted octanol–water partition coefficient (Wildman–Crippen LogP) is 7.33. The van der Waals surface area contributed by atoms with Crippen LogP contribution in [0.25, 0.3) is 0 Å². The molecule has 0 aliphatic rings. The first-order valence-corrected chi connectivity index (χ1v) is 8.37. The quantitative estimate of drug-likeness (QED) is 0.324. The lowest BCUT2D eigenvalue weighted by atomic mass is 10.0. The van der Waals surface area contributed by atoms with Crippen molar-refractivity contribution in [1.29, 1.82) is 0 Å². The number of allylic oxidation sites excluding steroid dienone is 10. The molecule has 4 heteroatoms. The zero-order valence-electron chi connectivity index (χ0n) is 16.1. The molecule has 0 aliphatic carbocycles. The average Bonchev–Trinajstić information content (AvgIpc) is 2.66. The topological polar surface area (TPSA) is 9.23 Å². The van der Waals surface area contributed by atoms with E-state index in [1.165, 1.54) is 6.08 Å². The number of rotatable bonds is 12.